The number of hydrogen-bond acceptors (Lipinski definition) is 2. The van der Waals surface area contributed by atoms with Crippen LogP contribution in [0.5, 0.6) is 0 Å². The number of halogens is 1. The fraction of sp³-hybridized carbons (Fsp3) is 0.588. The van der Waals surface area contributed by atoms with Gasteiger partial charge in [0.2, 0.25) is 0 Å². The molecule has 0 amide bonds. The maximum atomic E-state index is 12.3. The Kier molecular flexibility index (Phi) is 8.60. The van der Waals surface area contributed by atoms with Gasteiger partial charge in [-0.05, 0) is 63.8 Å². The van der Waals surface area contributed by atoms with Gasteiger partial charge in [-0.15, -0.1) is 0 Å². The Bertz CT molecular complexity index is 456. The molecule has 0 aliphatic rings. The molecule has 0 aromatic heterocycles. The zero-order valence-electron chi connectivity index (χ0n) is 14.1. The van der Waals surface area contributed by atoms with Gasteiger partial charge in [-0.1, -0.05) is 6.07 Å². The molecule has 0 saturated carbocycles. The minimum absolute atomic E-state index is 0. The third-order valence-electron chi connectivity index (χ3n) is 4.26. The van der Waals surface area contributed by atoms with E-state index >= 15 is 0 Å². The van der Waals surface area contributed by atoms with Crippen molar-refractivity contribution in [3.8, 4) is 0 Å². The summed E-state index contributed by atoms with van der Waals surface area (Å²) in [4.78, 5) is 13.8. The van der Waals surface area contributed by atoms with Gasteiger partial charge in [0.15, 0.2) is 0 Å². The number of carbonyl (C=O) groups is 1. The van der Waals surface area contributed by atoms with Crippen LogP contribution in [0.4, 0.5) is 0 Å². The van der Waals surface area contributed by atoms with Crippen LogP contribution < -0.4 is 17.3 Å². The minimum atomic E-state index is -0.182. The van der Waals surface area contributed by atoms with Crippen LogP contribution >= 0.6 is 0 Å². The number of ether oxygens (including phenoxy) is 1. The van der Waals surface area contributed by atoms with E-state index in [2.05, 4.69) is 19.9 Å². The second kappa shape index (κ2) is 9.06. The molecule has 1 aromatic rings. The largest absolute Gasteiger partial charge is 1.00 e. The zero-order chi connectivity index (χ0) is 15.3. The van der Waals surface area contributed by atoms with Gasteiger partial charge < -0.3 is 22.0 Å². The van der Waals surface area contributed by atoms with Crippen molar-refractivity contribution in [3.05, 3.63) is 33.9 Å². The molecule has 0 aliphatic heterocycles. The second-order valence-corrected chi connectivity index (χ2v) is 5.48. The molecule has 0 fully saturated rings. The molecule has 0 bridgehead atoms. The van der Waals surface area contributed by atoms with E-state index in [4.69, 9.17) is 4.74 Å². The van der Waals surface area contributed by atoms with Gasteiger partial charge in [0.05, 0.1) is 18.7 Å². The van der Waals surface area contributed by atoms with E-state index in [9.17, 15) is 4.79 Å². The Morgan fingerprint density at radius 3 is 1.95 bits per heavy atom. The molecule has 1 N–H and O–H groups in total. The van der Waals surface area contributed by atoms with Crippen LogP contribution in [-0.2, 0) is 4.74 Å². The van der Waals surface area contributed by atoms with Crippen molar-refractivity contribution in [2.24, 2.45) is 0 Å². The van der Waals surface area contributed by atoms with Crippen LogP contribution in [-0.4, -0.2) is 32.2 Å². The maximum Gasteiger partial charge on any atom is 0.338 e. The van der Waals surface area contributed by atoms with Gasteiger partial charge in [0.1, 0.15) is 13.2 Å². The number of likely N-dealkylation sites (N-methyl/N-ethyl adjacent to an activating group) is 1. The third-order valence-corrected chi connectivity index (χ3v) is 4.26. The molecule has 1 aromatic carbocycles. The summed E-state index contributed by atoms with van der Waals surface area (Å²) in [5.74, 6) is -0.182. The lowest BCUT2D eigenvalue weighted by Gasteiger charge is -2.17. The standard InChI is InChI=1S/C17H27NO2.ClH/c1-7-18(8-2)9-10-20-17(19)16-14(5)12(3)11-13(4)15(16)6;/h11H,7-10H2,1-6H3;1H. The van der Waals surface area contributed by atoms with Crippen LogP contribution in [0.3, 0.4) is 0 Å². The summed E-state index contributed by atoms with van der Waals surface area (Å²) in [6.07, 6.45) is 0. The first-order valence-electron chi connectivity index (χ1n) is 7.50. The van der Waals surface area contributed by atoms with Crippen LogP contribution in [0.15, 0.2) is 6.07 Å². The Balaban J connectivity index is 0.00000400. The van der Waals surface area contributed by atoms with Crippen LogP contribution in [0, 0.1) is 27.7 Å². The molecule has 21 heavy (non-hydrogen) atoms. The second-order valence-electron chi connectivity index (χ2n) is 5.48. The molecule has 0 saturated heterocycles. The van der Waals surface area contributed by atoms with E-state index < -0.39 is 0 Å². The molecule has 0 aliphatic carbocycles. The lowest BCUT2D eigenvalue weighted by molar-refractivity contribution is -0.896. The molecule has 0 spiro atoms. The lowest BCUT2D eigenvalue weighted by Crippen LogP contribution is -3.11. The first-order chi connectivity index (χ1) is 9.42. The van der Waals surface area contributed by atoms with Crippen LogP contribution in [0.2, 0.25) is 0 Å². The Hall–Kier alpha value is -1.06. The summed E-state index contributed by atoms with van der Waals surface area (Å²) in [7, 11) is 0. The molecular formula is C17H28ClNO2. The average Bonchev–Trinajstić information content (AvgIpc) is 2.42. The van der Waals surface area contributed by atoms with Gasteiger partial charge in [-0.2, -0.15) is 0 Å². The summed E-state index contributed by atoms with van der Waals surface area (Å²) >= 11 is 0. The molecule has 1 rings (SSSR count). The summed E-state index contributed by atoms with van der Waals surface area (Å²) in [6.45, 7) is 15.9. The fourth-order valence-corrected chi connectivity index (χ4v) is 2.49. The predicted octanol–water partition coefficient (Wildman–Crippen LogP) is -0.994. The van der Waals surface area contributed by atoms with E-state index in [1.54, 1.807) is 0 Å². The van der Waals surface area contributed by atoms with Crippen LogP contribution in [0.1, 0.15) is 46.5 Å². The van der Waals surface area contributed by atoms with Crippen molar-refractivity contribution in [1.29, 1.82) is 0 Å². The van der Waals surface area contributed by atoms with Crippen molar-refractivity contribution < 1.29 is 26.8 Å². The van der Waals surface area contributed by atoms with Crippen molar-refractivity contribution >= 4 is 5.97 Å². The van der Waals surface area contributed by atoms with E-state index in [1.807, 2.05) is 27.7 Å². The van der Waals surface area contributed by atoms with Crippen molar-refractivity contribution in [2.75, 3.05) is 26.2 Å². The molecular weight excluding hydrogens is 286 g/mol. The normalized spacial score (nSPS) is 10.4. The van der Waals surface area contributed by atoms with Crippen molar-refractivity contribution in [3.63, 3.8) is 0 Å². The highest BCUT2D eigenvalue weighted by Gasteiger charge is 2.17. The maximum absolute atomic E-state index is 12.3. The van der Waals surface area contributed by atoms with E-state index in [0.717, 1.165) is 47.5 Å². The molecule has 120 valence electrons. The number of esters is 1. The monoisotopic (exact) mass is 313 g/mol. The summed E-state index contributed by atoms with van der Waals surface area (Å²) < 4.78 is 5.47. The Morgan fingerprint density at radius 2 is 1.52 bits per heavy atom. The fourth-order valence-electron chi connectivity index (χ4n) is 2.49. The zero-order valence-corrected chi connectivity index (χ0v) is 14.9. The Labute approximate surface area is 135 Å². The number of rotatable bonds is 6. The lowest BCUT2D eigenvalue weighted by atomic mass is 9.94. The van der Waals surface area contributed by atoms with Gasteiger partial charge in [0.25, 0.3) is 0 Å². The summed E-state index contributed by atoms with van der Waals surface area (Å²) in [6, 6.07) is 2.13. The van der Waals surface area contributed by atoms with E-state index in [-0.39, 0.29) is 18.4 Å². The quantitative estimate of drug-likeness (QED) is 0.684. The van der Waals surface area contributed by atoms with Crippen molar-refractivity contribution in [1.82, 2.24) is 0 Å². The van der Waals surface area contributed by atoms with E-state index in [0.29, 0.717) is 6.61 Å². The smallest absolute Gasteiger partial charge is 0.338 e. The molecule has 0 radical (unpaired) electrons. The molecule has 3 nitrogen and oxygen atoms in total. The number of hydrogen-bond donors (Lipinski definition) is 1. The topological polar surface area (TPSA) is 30.7 Å². The summed E-state index contributed by atoms with van der Waals surface area (Å²) in [5, 5.41) is 0. The summed E-state index contributed by atoms with van der Waals surface area (Å²) in [5.41, 5.74) is 5.11. The highest BCUT2D eigenvalue weighted by molar-refractivity contribution is 5.93. The molecule has 0 atom stereocenters. The average molecular weight is 314 g/mol. The van der Waals surface area contributed by atoms with Crippen LogP contribution in [0.25, 0.3) is 0 Å². The number of benzene rings is 1. The number of aryl methyl sites for hydroxylation is 2. The van der Waals surface area contributed by atoms with Gasteiger partial charge in [0, 0.05) is 0 Å². The predicted molar refractivity (Wildman–Crippen MR) is 82.6 cm³/mol. The first-order valence-corrected chi connectivity index (χ1v) is 7.50. The first kappa shape index (κ1) is 19.9. The van der Waals surface area contributed by atoms with Crippen molar-refractivity contribution in [2.45, 2.75) is 41.5 Å². The van der Waals surface area contributed by atoms with Gasteiger partial charge in [-0.3, -0.25) is 0 Å². The highest BCUT2D eigenvalue weighted by atomic mass is 35.5. The minimum Gasteiger partial charge on any atom is -1.00 e. The SMILES string of the molecule is CC[NH+](CC)CCOC(=O)c1c(C)c(C)cc(C)c1C.[Cl-]. The Morgan fingerprint density at radius 1 is 1.05 bits per heavy atom. The molecule has 0 heterocycles. The number of carbonyl (C=O) groups excluding carboxylic acids is 1. The van der Waals surface area contributed by atoms with Gasteiger partial charge in [-0.25, -0.2) is 4.79 Å². The number of quaternary nitrogens is 1. The molecule has 4 heteroatoms. The molecule has 0 unspecified atom stereocenters. The third kappa shape index (κ3) is 5.01. The van der Waals surface area contributed by atoms with E-state index in [1.165, 1.54) is 4.90 Å². The number of nitrogens with one attached hydrogen (secondary N) is 1. The van der Waals surface area contributed by atoms with Gasteiger partial charge >= 0.3 is 5.97 Å². The highest BCUT2D eigenvalue weighted by Crippen LogP contribution is 2.22.